The zero-order chi connectivity index (χ0) is 71.1. The topological polar surface area (TPSA) is 314 Å². The monoisotopic (exact) mass is 2500 g/mol. The first kappa shape index (κ1) is 184. The van der Waals surface area contributed by atoms with Crippen LogP contribution in [-0.4, -0.2) is 128 Å². The van der Waals surface area contributed by atoms with E-state index in [4.69, 9.17) is 4.79 Å². The zero-order valence-electron chi connectivity index (χ0n) is 69.0. The number of imide groups is 2. The number of nitrogens with zero attached hydrogens (tertiary/aromatic N) is 2. The van der Waals surface area contributed by atoms with E-state index < -0.39 is 35.3 Å². The average molecular weight is 2500 g/mol. The minimum Gasteiger partial charge on any atom is -0.542 e. The van der Waals surface area contributed by atoms with Crippen molar-refractivity contribution in [2.24, 2.45) is 11.8 Å². The Kier molecular flexibility index (Phi) is 210. The summed E-state index contributed by atoms with van der Waals surface area (Å²) in [6, 6.07) is 0. The first-order valence-electron chi connectivity index (χ1n) is 29.9. The molecule has 4 amide bonds. The van der Waals surface area contributed by atoms with E-state index in [9.17, 15) is 81.5 Å². The molecule has 1 unspecified atom stereocenters. The van der Waals surface area contributed by atoms with Crippen LogP contribution in [0.4, 0.5) is 0 Å². The van der Waals surface area contributed by atoms with Crippen LogP contribution in [0.3, 0.4) is 0 Å². The first-order valence-corrected chi connectivity index (χ1v) is 29.9. The van der Waals surface area contributed by atoms with Crippen LogP contribution in [0, 0.1) is 122 Å². The summed E-state index contributed by atoms with van der Waals surface area (Å²) < 4.78 is 0. The summed E-state index contributed by atoms with van der Waals surface area (Å²) in [7, 11) is 0. The number of rotatable bonds is 33. The SMILES string of the molecule is CCC(=O)[CH-]C(CC)C(=O)CC.CCCC(=O)C[CH-]C(=O)CC.CC[C-]=O.CC[C@@H]([CH-]C(=O)CCN1C(=O)C=CC1=O)C(=O)CCN1C(=O)C=CC1=O.[CH2-]C(=O)/C(C)=C(/C)C(=O)CCC.[CH2-]C(=O)/C=C(/C)C(=O)CCC.[CH2-]C(=O)C#CC(=O)CCC.[CH2-]C([CH2-])=O.[CH3-].[CH3-].[CH3-].[CH3-].[CH3-].[CH3-].[Y+3].[Y].[Y].[Y].[Y].[Y].[Y].[Y].[Y].[Y].[Y].[Y].[Y]. The van der Waals surface area contributed by atoms with Crippen LogP contribution >= 0.6 is 0 Å². The molecule has 0 aliphatic carbocycles. The predicted molar refractivity (Wildman–Crippen MR) is 383 cm³/mol. The summed E-state index contributed by atoms with van der Waals surface area (Å²) in [6.07, 6.45) is 20.5. The summed E-state index contributed by atoms with van der Waals surface area (Å²) >= 11 is 0. The Morgan fingerprint density at radius 3 is 1.07 bits per heavy atom. The fourth-order valence-electron chi connectivity index (χ4n) is 6.48. The second-order valence-electron chi connectivity index (χ2n) is 19.5. The molecule has 2 rings (SSSR count). The maximum absolute atomic E-state index is 12.3. The summed E-state index contributed by atoms with van der Waals surface area (Å²) in [4.78, 5) is 198. The molecule has 588 valence electrons. The van der Waals surface area contributed by atoms with Gasteiger partial charge in [-0.2, -0.15) is 33.3 Å². The number of amides is 4. The Morgan fingerprint density at radius 2 is 0.780 bits per heavy atom. The van der Waals surface area contributed by atoms with Gasteiger partial charge in [-0.1, -0.05) is 119 Å². The third-order valence-corrected chi connectivity index (χ3v) is 11.7. The fourth-order valence-corrected chi connectivity index (χ4v) is 6.48. The second-order valence-corrected chi connectivity index (χ2v) is 19.5. The van der Waals surface area contributed by atoms with Crippen molar-refractivity contribution in [2.75, 3.05) is 13.1 Å². The molecule has 2 aliphatic heterocycles. The van der Waals surface area contributed by atoms with Crippen molar-refractivity contribution in [3.8, 4) is 11.8 Å². The van der Waals surface area contributed by atoms with Crippen molar-refractivity contribution < 1.29 is 512 Å². The third-order valence-electron chi connectivity index (χ3n) is 11.7. The summed E-state index contributed by atoms with van der Waals surface area (Å²) in [5.74, 6) is -0.00709. The molecule has 0 saturated heterocycles. The van der Waals surface area contributed by atoms with E-state index in [1.807, 2.05) is 48.5 Å². The van der Waals surface area contributed by atoms with Gasteiger partial charge in [0, 0.05) is 492 Å². The van der Waals surface area contributed by atoms with Gasteiger partial charge in [0.1, 0.15) is 28.9 Å². The molecule has 0 N–H and O–H groups in total. The smallest absolute Gasteiger partial charge is 0.542 e. The molecule has 2 aliphatic rings. The van der Waals surface area contributed by atoms with Gasteiger partial charge >= 0.3 is 32.7 Å². The van der Waals surface area contributed by atoms with Crippen molar-refractivity contribution in [3.05, 3.63) is 146 Å². The van der Waals surface area contributed by atoms with E-state index in [1.165, 1.54) is 18.9 Å². The largest absolute Gasteiger partial charge is 3.00 e. The standard InChI is InChI=1S/C18H19N2O6.C10H15O2.C10H17O2.C9H13O2.C9H15O2.C8H9O2.C3H4O.C3H5O.6CH3.13Y/c1-2-12(14(22)8-10-20-17(25)5-6-18(20)26)11-13(21)7-9-19-15(23)3-4-16(19)24;1-5-6-10(12)8(3)7(2)9(4)11;1-4-8(10(12)6-3)7-9(11)5-2;1-4-5-9(11)7(2)6-8(3)10;1-3-5-9(11)7-6-8(10)4-2;1-3-4-8(10)6-5-7(2)9;1-3(2)4;1-2-3-4;;;;;;;;;;;;;;;;;;;/h3-6,11-12H,2,7-10H2,1H3;4-6H2,1-3H3;7-8H,4-6H2,1-3H3;6H,3-5H2,1-2H3;6H,3-5,7H2,1-2H3;2-4H2,1H3;1-2H2;2H2,1H3;6*1H3;;;;;;;;;;;;;/q6*-1;-2;7*-1;;;;;;;;;;;;;+3/b;8-7-;;7-6-;;;;;;;;;;;;;;;;;;;;;;;/t12-;;;;;;;;;;;;;;;;;;;;;;;;;;/m0........................../s1. The van der Waals surface area contributed by atoms with Gasteiger partial charge in [-0.15, -0.1) is 30.6 Å². The van der Waals surface area contributed by atoms with Gasteiger partial charge < -0.3 is 130 Å². The van der Waals surface area contributed by atoms with E-state index in [1.54, 1.807) is 54.2 Å². The molecular formula is C76H115N2O18Y13-12. The predicted octanol–water partition coefficient (Wildman–Crippen LogP) is 12.1. The molecule has 2 atom stereocenters. The Labute approximate surface area is 988 Å². The zero-order valence-corrected chi connectivity index (χ0v) is 106. The number of carbonyl (C=O) groups excluding carboxylic acids is 18. The number of Topliss-reactive ketones (excluding diaryl/α,β-unsaturated/α-hetero) is 12. The second kappa shape index (κ2) is 124. The van der Waals surface area contributed by atoms with Crippen molar-refractivity contribution in [3.63, 3.8) is 0 Å². The molecule has 0 bridgehead atoms. The van der Waals surface area contributed by atoms with E-state index >= 15 is 0 Å². The van der Waals surface area contributed by atoms with Crippen LogP contribution in [0.1, 0.15) is 199 Å². The van der Waals surface area contributed by atoms with Gasteiger partial charge in [0.2, 0.25) is 0 Å². The molecule has 0 fully saturated rings. The molecule has 2 heterocycles. The van der Waals surface area contributed by atoms with Crippen molar-refractivity contribution in [1.29, 1.82) is 0 Å². The molecule has 0 saturated carbocycles. The van der Waals surface area contributed by atoms with Crippen LogP contribution in [0.5, 0.6) is 0 Å². The fraction of sp³-hybridized carbons (Fsp3) is 0.447. The molecule has 0 spiro atoms. The summed E-state index contributed by atoms with van der Waals surface area (Å²) in [5.41, 5.74) is 1.54. The van der Waals surface area contributed by atoms with E-state index in [2.05, 4.69) is 46.5 Å². The average Bonchev–Trinajstić information content (AvgIpc) is 1.77. The van der Waals surface area contributed by atoms with Crippen molar-refractivity contribution in [1.82, 2.24) is 9.80 Å². The maximum atomic E-state index is 12.3. The van der Waals surface area contributed by atoms with Crippen LogP contribution in [0.15, 0.2) is 47.1 Å². The van der Waals surface area contributed by atoms with Gasteiger partial charge in [-0.05, 0) is 56.5 Å². The van der Waals surface area contributed by atoms with E-state index in [-0.39, 0.29) is 571 Å². The number of hydrogen-bond acceptors (Lipinski definition) is 18. The van der Waals surface area contributed by atoms with E-state index in [0.717, 1.165) is 66.2 Å². The molecule has 109 heavy (non-hydrogen) atoms. The molecule has 0 aromatic rings. The normalized spacial score (nSPS) is 10.1. The number of carbonyl (C=O) groups is 17. The van der Waals surface area contributed by atoms with Gasteiger partial charge in [0.15, 0.2) is 5.78 Å². The number of ketones is 13. The quantitative estimate of drug-likeness (QED) is 0.0194. The summed E-state index contributed by atoms with van der Waals surface area (Å²) in [6.45, 7) is 38.7. The van der Waals surface area contributed by atoms with Crippen LogP contribution in [-0.2, 0) is 512 Å². The molecule has 0 aromatic heterocycles. The van der Waals surface area contributed by atoms with Gasteiger partial charge in [0.25, 0.3) is 23.6 Å². The minimum absolute atomic E-state index is 0. The Morgan fingerprint density at radius 1 is 0.450 bits per heavy atom. The summed E-state index contributed by atoms with van der Waals surface area (Å²) in [5, 5.41) is 0. The molecule has 0 aromatic carbocycles. The van der Waals surface area contributed by atoms with Crippen molar-refractivity contribution >= 4 is 105 Å². The van der Waals surface area contributed by atoms with Gasteiger partial charge in [-0.25, -0.2) is 5.92 Å². The van der Waals surface area contributed by atoms with Crippen LogP contribution in [0.25, 0.3) is 0 Å². The molecule has 12 radical (unpaired) electrons. The van der Waals surface area contributed by atoms with Gasteiger partial charge in [0.05, 0.1) is 0 Å². The molecule has 20 nitrogen and oxygen atoms in total. The van der Waals surface area contributed by atoms with Crippen LogP contribution < -0.4 is 0 Å². The molecular weight excluding hydrogens is 2380 g/mol. The minimum atomic E-state index is -0.633. The Bertz CT molecular complexity index is 2630. The Hall–Kier alpha value is 5.49. The van der Waals surface area contributed by atoms with Crippen molar-refractivity contribution in [2.45, 2.75) is 199 Å². The first-order chi connectivity index (χ1) is 42.1. The third kappa shape index (κ3) is 116. The number of allylic oxidation sites excluding steroid dienone is 4. The molecule has 33 heteroatoms. The van der Waals surface area contributed by atoms with E-state index in [0.29, 0.717) is 80.9 Å². The van der Waals surface area contributed by atoms with Crippen LogP contribution in [0.2, 0.25) is 0 Å². The number of hydrogen-bond donors (Lipinski definition) is 0. The Balaban J connectivity index is -0.0000000330. The van der Waals surface area contributed by atoms with Gasteiger partial charge in [-0.3, -0.25) is 49.6 Å². The maximum Gasteiger partial charge on any atom is 3.00 e.